The van der Waals surface area contributed by atoms with E-state index in [1.165, 1.54) is 0 Å². The normalized spacial score (nSPS) is 13.9. The summed E-state index contributed by atoms with van der Waals surface area (Å²) in [4.78, 5) is 0. The van der Waals surface area contributed by atoms with Crippen molar-refractivity contribution in [3.05, 3.63) is 24.0 Å². The minimum Gasteiger partial charge on any atom is -0.389 e. The maximum atomic E-state index is 11.3. The van der Waals surface area contributed by atoms with Gasteiger partial charge in [-0.3, -0.25) is 0 Å². The van der Waals surface area contributed by atoms with Crippen molar-refractivity contribution in [1.29, 1.82) is 0 Å². The number of sulfone groups is 1. The summed E-state index contributed by atoms with van der Waals surface area (Å²) >= 11 is 0. The van der Waals surface area contributed by atoms with Gasteiger partial charge in [0.25, 0.3) is 0 Å². The van der Waals surface area contributed by atoms with E-state index in [2.05, 4.69) is 0 Å². The van der Waals surface area contributed by atoms with Crippen LogP contribution in [0.2, 0.25) is 0 Å². The molecule has 1 aromatic rings. The van der Waals surface area contributed by atoms with Gasteiger partial charge in [0.2, 0.25) is 0 Å². The molecule has 0 bridgehead atoms. The summed E-state index contributed by atoms with van der Waals surface area (Å²) in [5, 5.41) is 9.32. The molecular weight excluding hydrogens is 226 g/mol. The van der Waals surface area contributed by atoms with Crippen molar-refractivity contribution in [2.24, 2.45) is 0 Å². The van der Waals surface area contributed by atoms with E-state index in [1.807, 2.05) is 23.0 Å². The molecule has 0 radical (unpaired) electrons. The average Bonchev–Trinajstić information content (AvgIpc) is 2.66. The highest BCUT2D eigenvalue weighted by Crippen LogP contribution is 2.12. The molecule has 1 rings (SSSR count). The fourth-order valence-corrected chi connectivity index (χ4v) is 2.31. The van der Waals surface area contributed by atoms with Crippen LogP contribution in [0.3, 0.4) is 0 Å². The van der Waals surface area contributed by atoms with E-state index in [1.54, 1.807) is 13.8 Å². The molecule has 1 unspecified atom stereocenters. The topological polar surface area (TPSA) is 59.3 Å². The van der Waals surface area contributed by atoms with Crippen molar-refractivity contribution in [3.63, 3.8) is 0 Å². The minimum absolute atomic E-state index is 0.206. The van der Waals surface area contributed by atoms with E-state index in [0.717, 1.165) is 5.56 Å². The van der Waals surface area contributed by atoms with Crippen LogP contribution in [-0.4, -0.2) is 29.6 Å². The summed E-state index contributed by atoms with van der Waals surface area (Å²) in [6.07, 6.45) is 3.86. The molecule has 92 valence electrons. The molecule has 0 saturated heterocycles. The Hall–Kier alpha value is -0.810. The highest BCUT2D eigenvalue weighted by Gasteiger charge is 2.07. The first-order valence-corrected chi connectivity index (χ1v) is 7.31. The van der Waals surface area contributed by atoms with Gasteiger partial charge in [-0.2, -0.15) is 0 Å². The molecule has 0 saturated carbocycles. The molecule has 0 amide bonds. The minimum atomic E-state index is -2.86. The van der Waals surface area contributed by atoms with Gasteiger partial charge in [-0.1, -0.05) is 6.92 Å². The molecule has 4 nitrogen and oxygen atoms in total. The van der Waals surface area contributed by atoms with E-state index in [9.17, 15) is 13.5 Å². The van der Waals surface area contributed by atoms with Crippen molar-refractivity contribution >= 4 is 9.84 Å². The number of hydrogen-bond acceptors (Lipinski definition) is 3. The Morgan fingerprint density at radius 2 is 2.19 bits per heavy atom. The summed E-state index contributed by atoms with van der Waals surface area (Å²) in [6.45, 7) is 4.05. The van der Waals surface area contributed by atoms with Crippen molar-refractivity contribution in [1.82, 2.24) is 4.57 Å². The van der Waals surface area contributed by atoms with Crippen LogP contribution in [-0.2, 0) is 16.4 Å². The van der Waals surface area contributed by atoms with Gasteiger partial charge in [0.15, 0.2) is 0 Å². The molecule has 0 aliphatic carbocycles. The number of rotatable bonds is 6. The predicted octanol–water partition coefficient (Wildman–Crippen LogP) is 1.37. The van der Waals surface area contributed by atoms with Crippen molar-refractivity contribution in [2.45, 2.75) is 32.9 Å². The molecule has 5 heteroatoms. The first-order chi connectivity index (χ1) is 7.44. The van der Waals surface area contributed by atoms with Gasteiger partial charge >= 0.3 is 0 Å². The van der Waals surface area contributed by atoms with Crippen molar-refractivity contribution in [3.8, 4) is 0 Å². The Balaban J connectivity index is 2.43. The molecule has 0 aliphatic rings. The summed E-state index contributed by atoms with van der Waals surface area (Å²) < 4.78 is 24.4. The number of aryl methyl sites for hydroxylation is 1. The quantitative estimate of drug-likeness (QED) is 0.823. The van der Waals surface area contributed by atoms with Crippen molar-refractivity contribution in [2.75, 3.05) is 11.5 Å². The lowest BCUT2D eigenvalue weighted by atomic mass is 10.2. The SMILES string of the molecule is CCS(=O)(=O)CCCn1ccc(C(C)O)c1. The third-order valence-electron chi connectivity index (χ3n) is 2.57. The molecule has 0 spiro atoms. The summed E-state index contributed by atoms with van der Waals surface area (Å²) in [7, 11) is -2.86. The Kier molecular flexibility index (Phi) is 4.56. The molecule has 0 fully saturated rings. The Morgan fingerprint density at radius 3 is 2.69 bits per heavy atom. The lowest BCUT2D eigenvalue weighted by Gasteiger charge is -2.03. The first kappa shape index (κ1) is 13.3. The van der Waals surface area contributed by atoms with Crippen LogP contribution >= 0.6 is 0 Å². The second kappa shape index (κ2) is 5.50. The third-order valence-corrected chi connectivity index (χ3v) is 4.36. The smallest absolute Gasteiger partial charge is 0.150 e. The number of aliphatic hydroxyl groups excluding tert-OH is 1. The fraction of sp³-hybridized carbons (Fsp3) is 0.636. The molecule has 0 aromatic carbocycles. The van der Waals surface area contributed by atoms with Crippen LogP contribution in [0, 0.1) is 0 Å². The number of nitrogens with zero attached hydrogens (tertiary/aromatic N) is 1. The largest absolute Gasteiger partial charge is 0.389 e. The van der Waals surface area contributed by atoms with E-state index < -0.39 is 15.9 Å². The third kappa shape index (κ3) is 3.98. The summed E-state index contributed by atoms with van der Waals surface area (Å²) in [5.74, 6) is 0.434. The lowest BCUT2D eigenvalue weighted by Crippen LogP contribution is -2.10. The zero-order valence-electron chi connectivity index (χ0n) is 9.76. The van der Waals surface area contributed by atoms with Gasteiger partial charge < -0.3 is 9.67 Å². The van der Waals surface area contributed by atoms with Crippen LogP contribution in [0.4, 0.5) is 0 Å². The van der Waals surface area contributed by atoms with Crippen LogP contribution in [0.25, 0.3) is 0 Å². The van der Waals surface area contributed by atoms with Gasteiger partial charge in [-0.15, -0.1) is 0 Å². The van der Waals surface area contributed by atoms with Gasteiger partial charge in [0, 0.05) is 24.7 Å². The number of aromatic nitrogens is 1. The monoisotopic (exact) mass is 245 g/mol. The Bertz CT molecular complexity index is 420. The standard InChI is InChI=1S/C11H19NO3S/c1-3-16(14,15)8-4-6-12-7-5-11(9-12)10(2)13/h5,7,9-10,13H,3-4,6,8H2,1-2H3. The van der Waals surface area contributed by atoms with Crippen LogP contribution in [0.5, 0.6) is 0 Å². The van der Waals surface area contributed by atoms with E-state index in [0.29, 0.717) is 13.0 Å². The average molecular weight is 245 g/mol. The molecule has 1 N–H and O–H groups in total. The fourth-order valence-electron chi connectivity index (χ4n) is 1.46. The summed E-state index contributed by atoms with van der Waals surface area (Å²) in [6, 6.07) is 1.85. The first-order valence-electron chi connectivity index (χ1n) is 5.49. The maximum Gasteiger partial charge on any atom is 0.150 e. The molecule has 0 aliphatic heterocycles. The molecule has 16 heavy (non-hydrogen) atoms. The lowest BCUT2D eigenvalue weighted by molar-refractivity contribution is 0.199. The van der Waals surface area contributed by atoms with E-state index in [4.69, 9.17) is 0 Å². The molecule has 1 atom stereocenters. The van der Waals surface area contributed by atoms with Gasteiger partial charge in [-0.25, -0.2) is 8.42 Å². The van der Waals surface area contributed by atoms with Gasteiger partial charge in [-0.05, 0) is 25.0 Å². The van der Waals surface area contributed by atoms with Crippen LogP contribution in [0.15, 0.2) is 18.5 Å². The second-order valence-corrected chi connectivity index (χ2v) is 6.42. The summed E-state index contributed by atoms with van der Waals surface area (Å²) in [5.41, 5.74) is 0.860. The van der Waals surface area contributed by atoms with Crippen molar-refractivity contribution < 1.29 is 13.5 Å². The van der Waals surface area contributed by atoms with Crippen LogP contribution < -0.4 is 0 Å². The number of hydrogen-bond donors (Lipinski definition) is 1. The highest BCUT2D eigenvalue weighted by atomic mass is 32.2. The zero-order valence-corrected chi connectivity index (χ0v) is 10.6. The molecule has 1 aromatic heterocycles. The molecular formula is C11H19NO3S. The van der Waals surface area contributed by atoms with E-state index in [-0.39, 0.29) is 11.5 Å². The Labute approximate surface area is 96.8 Å². The van der Waals surface area contributed by atoms with Gasteiger partial charge in [0.05, 0.1) is 11.9 Å². The van der Waals surface area contributed by atoms with E-state index >= 15 is 0 Å². The number of aliphatic hydroxyl groups is 1. The maximum absolute atomic E-state index is 11.3. The second-order valence-electron chi connectivity index (χ2n) is 3.95. The zero-order chi connectivity index (χ0) is 12.2. The molecule has 1 heterocycles. The highest BCUT2D eigenvalue weighted by molar-refractivity contribution is 7.91. The van der Waals surface area contributed by atoms with Gasteiger partial charge in [0.1, 0.15) is 9.84 Å². The predicted molar refractivity (Wildman–Crippen MR) is 64.0 cm³/mol. The Morgan fingerprint density at radius 1 is 1.50 bits per heavy atom. The van der Waals surface area contributed by atoms with Crippen LogP contribution in [0.1, 0.15) is 31.9 Å².